The van der Waals surface area contributed by atoms with Crippen LogP contribution in [0, 0.1) is 0 Å². The molecular weight excluding hydrogens is 1130 g/mol. The van der Waals surface area contributed by atoms with Crippen LogP contribution in [-0.2, 0) is 46.3 Å². The zero-order chi connectivity index (χ0) is 58.2. The molecule has 0 aromatic carbocycles. The summed E-state index contributed by atoms with van der Waals surface area (Å²) in [5.74, 6) is 2.20. The Hall–Kier alpha value is 0.480. The maximum Gasteiger partial charge on any atom is 0.472 e. The summed E-state index contributed by atoms with van der Waals surface area (Å²) >= 11 is 0. The predicted molar refractivity (Wildman–Crippen MR) is 341 cm³/mol. The van der Waals surface area contributed by atoms with Gasteiger partial charge >= 0.3 is 27.6 Å². The number of unbranched alkanes of at least 4 members (excludes halogenated alkanes) is 31. The molecule has 0 aliphatic carbocycles. The fourth-order valence-corrected chi connectivity index (χ4v) is 17.5. The van der Waals surface area contributed by atoms with Crippen LogP contribution in [-0.4, -0.2) is 147 Å². The number of likely N-dealkylation sites (N-methyl/N-ethyl adjacent to an activating group) is 2. The first kappa shape index (κ1) is 76.6. The van der Waals surface area contributed by atoms with Crippen molar-refractivity contribution >= 4 is 70.8 Å². The molecule has 2 aliphatic heterocycles. The zero-order valence-electron chi connectivity index (χ0n) is 51.3. The lowest BCUT2D eigenvalue weighted by Gasteiger charge is -2.29. The van der Waals surface area contributed by atoms with Crippen molar-refractivity contribution < 1.29 is 65.0 Å². The summed E-state index contributed by atoms with van der Waals surface area (Å²) in [4.78, 5) is 44.5. The van der Waals surface area contributed by atoms with E-state index in [2.05, 4.69) is 0 Å². The average Bonchev–Trinajstić information content (AvgIpc) is 4.14. The van der Waals surface area contributed by atoms with Gasteiger partial charge in [-0.25, -0.2) is 9.13 Å². The minimum Gasteiger partial charge on any atom is -0.460 e. The van der Waals surface area contributed by atoms with E-state index >= 15 is 0 Å². The van der Waals surface area contributed by atoms with E-state index in [1.165, 1.54) is 191 Å². The molecule has 2 aliphatic rings. The molecule has 0 bridgehead atoms. The number of rotatable bonds is 59. The predicted octanol–water partition coefficient (Wildman–Crippen LogP) is 17.6. The van der Waals surface area contributed by atoms with E-state index in [1.54, 1.807) is 0 Å². The maximum absolute atomic E-state index is 12.4. The molecule has 14 nitrogen and oxygen atoms in total. The van der Waals surface area contributed by atoms with Crippen LogP contribution in [0.15, 0.2) is 0 Å². The molecule has 2 rings (SSSR count). The molecule has 0 spiro atoms. The van der Waals surface area contributed by atoms with E-state index in [1.807, 2.05) is 71.4 Å². The van der Waals surface area contributed by atoms with Crippen molar-refractivity contribution in [3.8, 4) is 0 Å². The van der Waals surface area contributed by atoms with Crippen molar-refractivity contribution in [3.63, 3.8) is 0 Å². The van der Waals surface area contributed by atoms with Crippen molar-refractivity contribution in [2.45, 2.75) is 267 Å². The van der Waals surface area contributed by atoms with E-state index in [4.69, 9.17) is 27.6 Å². The number of carbonyl (C=O) groups excluding carboxylic acids is 2. The van der Waals surface area contributed by atoms with Gasteiger partial charge in [0.1, 0.15) is 52.6 Å². The molecule has 4 atom stereocenters. The van der Waals surface area contributed by atoms with Gasteiger partial charge in [0.2, 0.25) is 0 Å². The highest BCUT2D eigenvalue weighted by Crippen LogP contribution is 2.44. The molecule has 80 heavy (non-hydrogen) atoms. The van der Waals surface area contributed by atoms with Crippen LogP contribution in [0.4, 0.5) is 0 Å². The second kappa shape index (κ2) is 50.5. The fraction of sp³-hybridized carbons (Fsp3) is 0.967. The van der Waals surface area contributed by atoms with Gasteiger partial charge in [0.05, 0.1) is 41.4 Å². The Bertz CT molecular complexity index is 1470. The zero-order valence-corrected chi connectivity index (χ0v) is 56.4. The van der Waals surface area contributed by atoms with E-state index in [9.17, 15) is 28.5 Å². The molecule has 20 heteroatoms. The van der Waals surface area contributed by atoms with Crippen LogP contribution in [0.2, 0.25) is 0 Å². The highest BCUT2D eigenvalue weighted by Gasteiger charge is 2.26. The molecule has 474 valence electrons. The van der Waals surface area contributed by atoms with Gasteiger partial charge in [0.25, 0.3) is 0 Å². The molecule has 2 heterocycles. The smallest absolute Gasteiger partial charge is 0.460 e. The number of hydrogen-bond donors (Lipinski definition) is 2. The standard InChI is InChI=1S/C60H118N2O12P2S4/c1-61(2,45-51-69-59(63)41-35-33-39-57-43-55-77-79-57)47-53-73-75(65,66)71-49-37-31-29-27-25-23-21-19-17-15-13-11-9-7-5-6-8-10-12-14-16-18-20-22-24-26-28-30-32-38-50-72-76(67,68)74-54-48-62(3,4)46-52-70-60(64)42-36-34-40-58-44-56-78-80-58/h57-58H,5-56H2,1-4H3/p+2. The SMILES string of the molecule is C[N+](C)(CCOC(=O)CCCCC1CCSS1)CCOP(=O)(O)OCCCCCCCCCCCCCCCCCCCCCCCCCCCCCCCCOP(=O)(O)OCC[N+](C)(C)CCOC(=O)CCCCC1CCSS1. The first-order chi connectivity index (χ1) is 38.6. The average molecular weight is 1250 g/mol. The number of quaternary nitrogens is 2. The van der Waals surface area contributed by atoms with Gasteiger partial charge in [-0.05, 0) is 51.4 Å². The molecule has 2 fully saturated rings. The number of phosphoric acid groups is 2. The Morgan fingerprint density at radius 2 is 0.625 bits per heavy atom. The first-order valence-electron chi connectivity index (χ1n) is 32.3. The quantitative estimate of drug-likeness (QED) is 0.0194. The van der Waals surface area contributed by atoms with E-state index in [0.717, 1.165) is 74.7 Å². The molecule has 0 aromatic rings. The van der Waals surface area contributed by atoms with Crippen LogP contribution < -0.4 is 0 Å². The van der Waals surface area contributed by atoms with Crippen LogP contribution in [0.3, 0.4) is 0 Å². The second-order valence-corrected chi connectivity index (χ2v) is 32.7. The third-order valence-corrected chi connectivity index (χ3v) is 23.7. The molecule has 0 aromatic heterocycles. The lowest BCUT2D eigenvalue weighted by molar-refractivity contribution is -0.890. The summed E-state index contributed by atoms with van der Waals surface area (Å²) in [6.07, 6.45) is 47.9. The normalized spacial score (nSPS) is 17.5. The molecule has 2 N–H and O–H groups in total. The molecule has 2 saturated heterocycles. The Morgan fingerprint density at radius 1 is 0.375 bits per heavy atom. The van der Waals surface area contributed by atoms with Gasteiger partial charge < -0.3 is 28.2 Å². The molecule has 0 radical (unpaired) electrons. The lowest BCUT2D eigenvalue weighted by atomic mass is 10.0. The second-order valence-electron chi connectivity index (χ2n) is 24.2. The number of ether oxygens (including phenoxy) is 2. The first-order valence-corrected chi connectivity index (χ1v) is 40.1. The Labute approximate surface area is 505 Å². The highest BCUT2D eigenvalue weighted by atomic mass is 33.1. The van der Waals surface area contributed by atoms with Gasteiger partial charge in [-0.2, -0.15) is 0 Å². The van der Waals surface area contributed by atoms with Crippen LogP contribution in [0.1, 0.15) is 257 Å². The van der Waals surface area contributed by atoms with Gasteiger partial charge in [-0.1, -0.05) is 236 Å². The van der Waals surface area contributed by atoms with Crippen LogP contribution in [0.25, 0.3) is 0 Å². The number of phosphoric ester groups is 2. The topological polar surface area (TPSA) is 164 Å². The van der Waals surface area contributed by atoms with Gasteiger partial charge in [-0.15, -0.1) is 0 Å². The van der Waals surface area contributed by atoms with Gasteiger partial charge in [0, 0.05) is 34.8 Å². The van der Waals surface area contributed by atoms with Crippen molar-refractivity contribution in [3.05, 3.63) is 0 Å². The van der Waals surface area contributed by atoms with Crippen molar-refractivity contribution in [1.82, 2.24) is 0 Å². The largest absolute Gasteiger partial charge is 0.472 e. The summed E-state index contributed by atoms with van der Waals surface area (Å²) in [5, 5.41) is 1.49. The van der Waals surface area contributed by atoms with Crippen LogP contribution in [0.5, 0.6) is 0 Å². The summed E-state index contributed by atoms with van der Waals surface area (Å²) in [7, 11) is 7.72. The summed E-state index contributed by atoms with van der Waals surface area (Å²) in [6, 6.07) is 0. The number of hydrogen-bond acceptors (Lipinski definition) is 14. The molecule has 4 unspecified atom stereocenters. The van der Waals surface area contributed by atoms with Gasteiger partial charge in [-0.3, -0.25) is 27.7 Å². The van der Waals surface area contributed by atoms with Crippen molar-refractivity contribution in [2.75, 3.05) is 106 Å². The van der Waals surface area contributed by atoms with Gasteiger partial charge in [0.15, 0.2) is 0 Å². The Morgan fingerprint density at radius 3 is 0.887 bits per heavy atom. The van der Waals surface area contributed by atoms with Crippen molar-refractivity contribution in [2.24, 2.45) is 0 Å². The summed E-state index contributed by atoms with van der Waals surface area (Å²) in [5.41, 5.74) is 0. The molecule has 0 saturated carbocycles. The summed E-state index contributed by atoms with van der Waals surface area (Å²) < 4.78 is 57.6. The summed E-state index contributed by atoms with van der Waals surface area (Å²) in [6.45, 7) is 3.60. The number of nitrogens with zero attached hydrogens (tertiary/aromatic N) is 2. The Kier molecular flexibility index (Phi) is 48.3. The van der Waals surface area contributed by atoms with E-state index in [-0.39, 0.29) is 38.4 Å². The monoisotopic (exact) mass is 1250 g/mol. The minimum atomic E-state index is -4.07. The Balaban J connectivity index is 1.21. The number of carbonyl (C=O) groups is 2. The third kappa shape index (κ3) is 49.6. The fourth-order valence-electron chi connectivity index (χ4n) is 9.99. The molecule has 0 amide bonds. The maximum atomic E-state index is 12.4. The van der Waals surface area contributed by atoms with E-state index in [0.29, 0.717) is 61.2 Å². The minimum absolute atomic E-state index is 0.104. The third-order valence-electron chi connectivity index (χ3n) is 15.6. The van der Waals surface area contributed by atoms with Crippen LogP contribution >= 0.6 is 58.8 Å². The van der Waals surface area contributed by atoms with Crippen molar-refractivity contribution in [1.29, 1.82) is 0 Å². The number of esters is 2. The lowest BCUT2D eigenvalue weighted by Crippen LogP contribution is -2.44. The highest BCUT2D eigenvalue weighted by molar-refractivity contribution is 8.77. The molecular formula is C60H120N2O12P2S4+2. The van der Waals surface area contributed by atoms with E-state index < -0.39 is 15.6 Å².